The highest BCUT2D eigenvalue weighted by atomic mass is 79.9. The minimum Gasteiger partial charge on any atom is -0.379 e. The van der Waals surface area contributed by atoms with Crippen molar-refractivity contribution in [2.45, 2.75) is 13.5 Å². The molecule has 0 unspecified atom stereocenters. The smallest absolute Gasteiger partial charge is 0.0494 e. The summed E-state index contributed by atoms with van der Waals surface area (Å²) < 4.78 is 1.14. The standard InChI is InChI=1S/C18H16BrNS/c1-13-6-5-9-17(18(13)19)20-11-16-10-15(12-21-16)14-7-3-2-4-8-14/h2-10,12,20H,11H2,1H3. The molecule has 0 aliphatic carbocycles. The lowest BCUT2D eigenvalue weighted by atomic mass is 10.1. The molecular weight excluding hydrogens is 342 g/mol. The largest absolute Gasteiger partial charge is 0.379 e. The zero-order valence-corrected chi connectivity index (χ0v) is 14.2. The summed E-state index contributed by atoms with van der Waals surface area (Å²) in [5.41, 5.74) is 4.96. The molecule has 0 spiro atoms. The highest BCUT2D eigenvalue weighted by molar-refractivity contribution is 9.10. The van der Waals surface area contributed by atoms with Gasteiger partial charge in [-0.25, -0.2) is 0 Å². The Balaban J connectivity index is 1.72. The highest BCUT2D eigenvalue weighted by Gasteiger charge is 2.04. The van der Waals surface area contributed by atoms with Crippen LogP contribution in [0.3, 0.4) is 0 Å². The zero-order valence-electron chi connectivity index (χ0n) is 11.8. The third-order valence-corrected chi connectivity index (χ3v) is 5.40. The summed E-state index contributed by atoms with van der Waals surface area (Å²) in [5.74, 6) is 0. The molecule has 0 amide bonds. The van der Waals surface area contributed by atoms with Crippen LogP contribution < -0.4 is 5.32 Å². The minimum atomic E-state index is 0.847. The van der Waals surface area contributed by atoms with E-state index < -0.39 is 0 Å². The number of nitrogens with one attached hydrogen (secondary N) is 1. The predicted molar refractivity (Wildman–Crippen MR) is 96.0 cm³/mol. The number of hydrogen-bond donors (Lipinski definition) is 1. The van der Waals surface area contributed by atoms with E-state index in [2.05, 4.69) is 82.1 Å². The molecule has 1 N–H and O–H groups in total. The second-order valence-electron chi connectivity index (χ2n) is 4.96. The van der Waals surface area contributed by atoms with Gasteiger partial charge in [0.25, 0.3) is 0 Å². The number of rotatable bonds is 4. The summed E-state index contributed by atoms with van der Waals surface area (Å²) in [6.07, 6.45) is 0. The van der Waals surface area contributed by atoms with Crippen molar-refractivity contribution in [2.75, 3.05) is 5.32 Å². The van der Waals surface area contributed by atoms with Crippen LogP contribution in [0.1, 0.15) is 10.4 Å². The molecule has 21 heavy (non-hydrogen) atoms. The van der Waals surface area contributed by atoms with E-state index >= 15 is 0 Å². The van der Waals surface area contributed by atoms with Crippen molar-refractivity contribution in [2.24, 2.45) is 0 Å². The Bertz CT molecular complexity index is 734. The van der Waals surface area contributed by atoms with E-state index in [0.29, 0.717) is 0 Å². The molecular formula is C18H16BrNS. The number of halogens is 1. The van der Waals surface area contributed by atoms with Crippen LogP contribution in [-0.2, 0) is 6.54 Å². The second kappa shape index (κ2) is 6.46. The van der Waals surface area contributed by atoms with E-state index in [9.17, 15) is 0 Å². The molecule has 1 nitrogen and oxygen atoms in total. The zero-order chi connectivity index (χ0) is 14.7. The molecule has 0 bridgehead atoms. The first-order valence-corrected chi connectivity index (χ1v) is 8.53. The topological polar surface area (TPSA) is 12.0 Å². The molecule has 0 aliphatic rings. The Morgan fingerprint density at radius 2 is 1.81 bits per heavy atom. The summed E-state index contributed by atoms with van der Waals surface area (Å²) in [7, 11) is 0. The van der Waals surface area contributed by atoms with Crippen molar-refractivity contribution >= 4 is 33.0 Å². The molecule has 1 aromatic heterocycles. The van der Waals surface area contributed by atoms with E-state index in [-0.39, 0.29) is 0 Å². The molecule has 3 heteroatoms. The normalized spacial score (nSPS) is 10.6. The third kappa shape index (κ3) is 3.36. The lowest BCUT2D eigenvalue weighted by Gasteiger charge is -2.09. The minimum absolute atomic E-state index is 0.847. The molecule has 0 atom stereocenters. The molecule has 0 saturated carbocycles. The lowest BCUT2D eigenvalue weighted by Crippen LogP contribution is -1.98. The van der Waals surface area contributed by atoms with Crippen LogP contribution in [0.5, 0.6) is 0 Å². The Morgan fingerprint density at radius 1 is 1.00 bits per heavy atom. The summed E-state index contributed by atoms with van der Waals surface area (Å²) >= 11 is 5.43. The van der Waals surface area contributed by atoms with Crippen molar-refractivity contribution in [1.29, 1.82) is 0 Å². The first kappa shape index (κ1) is 14.4. The lowest BCUT2D eigenvalue weighted by molar-refractivity contribution is 1.18. The maximum absolute atomic E-state index is 3.64. The van der Waals surface area contributed by atoms with Gasteiger partial charge >= 0.3 is 0 Å². The molecule has 1 heterocycles. The quantitative estimate of drug-likeness (QED) is 0.594. The van der Waals surface area contributed by atoms with Gasteiger partial charge in [-0.15, -0.1) is 11.3 Å². The van der Waals surface area contributed by atoms with Gasteiger partial charge in [0, 0.05) is 21.6 Å². The van der Waals surface area contributed by atoms with Crippen LogP contribution in [-0.4, -0.2) is 0 Å². The maximum Gasteiger partial charge on any atom is 0.0494 e. The molecule has 0 aliphatic heterocycles. The van der Waals surface area contributed by atoms with E-state index in [1.807, 2.05) is 6.07 Å². The van der Waals surface area contributed by atoms with E-state index in [1.165, 1.54) is 21.6 Å². The fraction of sp³-hybridized carbons (Fsp3) is 0.111. The number of anilines is 1. The van der Waals surface area contributed by atoms with Crippen molar-refractivity contribution in [3.8, 4) is 11.1 Å². The van der Waals surface area contributed by atoms with E-state index in [0.717, 1.165) is 16.7 Å². The Hall–Kier alpha value is -1.58. The van der Waals surface area contributed by atoms with Crippen molar-refractivity contribution in [1.82, 2.24) is 0 Å². The van der Waals surface area contributed by atoms with Crippen molar-refractivity contribution in [3.05, 3.63) is 74.9 Å². The number of aryl methyl sites for hydroxylation is 1. The van der Waals surface area contributed by atoms with E-state index in [1.54, 1.807) is 11.3 Å². The van der Waals surface area contributed by atoms with Crippen LogP contribution in [0.25, 0.3) is 11.1 Å². The molecule has 106 valence electrons. The second-order valence-corrected chi connectivity index (χ2v) is 6.75. The van der Waals surface area contributed by atoms with E-state index in [4.69, 9.17) is 0 Å². The molecule has 0 radical (unpaired) electrons. The fourth-order valence-electron chi connectivity index (χ4n) is 2.22. The van der Waals surface area contributed by atoms with Crippen LogP contribution in [0.4, 0.5) is 5.69 Å². The van der Waals surface area contributed by atoms with Crippen LogP contribution in [0, 0.1) is 6.92 Å². The van der Waals surface area contributed by atoms with Gasteiger partial charge in [0.05, 0.1) is 0 Å². The molecule has 0 saturated heterocycles. The fourth-order valence-corrected chi connectivity index (χ4v) is 3.46. The Labute approximate surface area is 137 Å². The summed E-state index contributed by atoms with van der Waals surface area (Å²) in [6, 6.07) is 19.0. The van der Waals surface area contributed by atoms with Crippen molar-refractivity contribution in [3.63, 3.8) is 0 Å². The SMILES string of the molecule is Cc1cccc(NCc2cc(-c3ccccc3)cs2)c1Br. The summed E-state index contributed by atoms with van der Waals surface area (Å²) in [5, 5.41) is 5.72. The summed E-state index contributed by atoms with van der Waals surface area (Å²) in [4.78, 5) is 1.34. The number of thiophene rings is 1. The van der Waals surface area contributed by atoms with Gasteiger partial charge in [0.1, 0.15) is 0 Å². The van der Waals surface area contributed by atoms with Gasteiger partial charge in [-0.1, -0.05) is 42.5 Å². The monoisotopic (exact) mass is 357 g/mol. The van der Waals surface area contributed by atoms with Crippen LogP contribution in [0.15, 0.2) is 64.5 Å². The van der Waals surface area contributed by atoms with Gasteiger partial charge < -0.3 is 5.32 Å². The van der Waals surface area contributed by atoms with Gasteiger partial charge in [-0.05, 0) is 57.1 Å². The average molecular weight is 358 g/mol. The maximum atomic E-state index is 3.64. The number of hydrogen-bond acceptors (Lipinski definition) is 2. The highest BCUT2D eigenvalue weighted by Crippen LogP contribution is 2.29. The first-order chi connectivity index (χ1) is 10.2. The Morgan fingerprint density at radius 3 is 2.62 bits per heavy atom. The van der Waals surface area contributed by atoms with Gasteiger partial charge in [-0.2, -0.15) is 0 Å². The average Bonchev–Trinajstić information content (AvgIpc) is 2.99. The van der Waals surface area contributed by atoms with Crippen molar-refractivity contribution < 1.29 is 0 Å². The molecule has 2 aromatic carbocycles. The third-order valence-electron chi connectivity index (χ3n) is 3.41. The molecule has 3 rings (SSSR count). The van der Waals surface area contributed by atoms with Gasteiger partial charge in [-0.3, -0.25) is 0 Å². The summed E-state index contributed by atoms with van der Waals surface area (Å²) in [6.45, 7) is 2.95. The van der Waals surface area contributed by atoms with Gasteiger partial charge in [0.15, 0.2) is 0 Å². The number of benzene rings is 2. The van der Waals surface area contributed by atoms with Crippen LogP contribution in [0.2, 0.25) is 0 Å². The molecule has 0 fully saturated rings. The predicted octanol–water partition coefficient (Wildman–Crippen LogP) is 6.10. The van der Waals surface area contributed by atoms with Gasteiger partial charge in [0.2, 0.25) is 0 Å². The first-order valence-electron chi connectivity index (χ1n) is 6.86. The molecule has 3 aromatic rings. The Kier molecular flexibility index (Phi) is 4.42. The van der Waals surface area contributed by atoms with Crippen LogP contribution >= 0.6 is 27.3 Å².